The van der Waals surface area contributed by atoms with Crippen LogP contribution in [0.2, 0.25) is 0 Å². The smallest absolute Gasteiger partial charge is 0.387 e. The highest BCUT2D eigenvalue weighted by atomic mass is 19.3. The molecular formula is C14H16F3NO2. The molecule has 2 atom stereocenters. The SMILES string of the molecule is OC1(c2ccc(F)cc2OC(F)F)CC2CCC(C1)N2. The van der Waals surface area contributed by atoms with Crippen LogP contribution in [0.25, 0.3) is 0 Å². The van der Waals surface area contributed by atoms with Crippen molar-refractivity contribution < 1.29 is 23.0 Å². The number of ether oxygens (including phenoxy) is 1. The van der Waals surface area contributed by atoms with Crippen molar-refractivity contribution >= 4 is 0 Å². The molecule has 2 fully saturated rings. The van der Waals surface area contributed by atoms with E-state index in [-0.39, 0.29) is 23.4 Å². The van der Waals surface area contributed by atoms with E-state index in [2.05, 4.69) is 10.1 Å². The van der Waals surface area contributed by atoms with E-state index in [0.717, 1.165) is 25.0 Å². The molecule has 2 aliphatic heterocycles. The molecule has 1 aromatic carbocycles. The van der Waals surface area contributed by atoms with Crippen molar-refractivity contribution in [1.29, 1.82) is 0 Å². The van der Waals surface area contributed by atoms with Gasteiger partial charge in [-0.05, 0) is 37.8 Å². The molecule has 0 saturated carbocycles. The van der Waals surface area contributed by atoms with Crippen LogP contribution in [0, 0.1) is 5.82 Å². The predicted octanol–water partition coefficient (Wildman–Crippen LogP) is 2.53. The molecule has 2 heterocycles. The molecule has 1 aromatic rings. The van der Waals surface area contributed by atoms with Gasteiger partial charge in [0.1, 0.15) is 11.6 Å². The first-order valence-corrected chi connectivity index (χ1v) is 6.69. The predicted molar refractivity (Wildman–Crippen MR) is 66.1 cm³/mol. The van der Waals surface area contributed by atoms with Crippen LogP contribution in [-0.2, 0) is 5.60 Å². The minimum Gasteiger partial charge on any atom is -0.434 e. The summed E-state index contributed by atoms with van der Waals surface area (Å²) >= 11 is 0. The van der Waals surface area contributed by atoms with Gasteiger partial charge in [-0.25, -0.2) is 4.39 Å². The Bertz CT molecular complexity index is 497. The van der Waals surface area contributed by atoms with Crippen LogP contribution in [0.1, 0.15) is 31.2 Å². The third-order valence-corrected chi connectivity index (χ3v) is 4.16. The summed E-state index contributed by atoms with van der Waals surface area (Å²) in [7, 11) is 0. The molecule has 20 heavy (non-hydrogen) atoms. The number of hydrogen-bond acceptors (Lipinski definition) is 3. The number of aliphatic hydroxyl groups is 1. The van der Waals surface area contributed by atoms with Gasteiger partial charge in [-0.1, -0.05) is 0 Å². The lowest BCUT2D eigenvalue weighted by molar-refractivity contribution is -0.0585. The van der Waals surface area contributed by atoms with Gasteiger partial charge in [-0.15, -0.1) is 0 Å². The van der Waals surface area contributed by atoms with Gasteiger partial charge in [0.2, 0.25) is 0 Å². The van der Waals surface area contributed by atoms with Crippen molar-refractivity contribution in [3.05, 3.63) is 29.6 Å². The Morgan fingerprint density at radius 2 is 1.90 bits per heavy atom. The number of rotatable bonds is 3. The lowest BCUT2D eigenvalue weighted by Crippen LogP contribution is -2.46. The molecule has 0 aromatic heterocycles. The minimum absolute atomic E-state index is 0.170. The molecular weight excluding hydrogens is 271 g/mol. The average Bonchev–Trinajstić information content (AvgIpc) is 2.68. The Hall–Kier alpha value is -1.27. The Morgan fingerprint density at radius 1 is 1.25 bits per heavy atom. The molecule has 2 bridgehead atoms. The summed E-state index contributed by atoms with van der Waals surface area (Å²) in [6.07, 6.45) is 2.77. The van der Waals surface area contributed by atoms with Crippen molar-refractivity contribution in [2.75, 3.05) is 0 Å². The van der Waals surface area contributed by atoms with Crippen molar-refractivity contribution in [3.8, 4) is 5.75 Å². The van der Waals surface area contributed by atoms with Gasteiger partial charge in [-0.3, -0.25) is 0 Å². The largest absolute Gasteiger partial charge is 0.434 e. The van der Waals surface area contributed by atoms with Gasteiger partial charge < -0.3 is 15.2 Å². The van der Waals surface area contributed by atoms with Crippen molar-refractivity contribution in [2.45, 2.75) is 50.0 Å². The molecule has 2 unspecified atom stereocenters. The van der Waals surface area contributed by atoms with Crippen molar-refractivity contribution in [3.63, 3.8) is 0 Å². The van der Waals surface area contributed by atoms with E-state index in [1.54, 1.807) is 0 Å². The van der Waals surface area contributed by atoms with Crippen molar-refractivity contribution in [2.24, 2.45) is 0 Å². The maximum absolute atomic E-state index is 13.2. The van der Waals surface area contributed by atoms with Gasteiger partial charge in [0.15, 0.2) is 0 Å². The lowest BCUT2D eigenvalue weighted by atomic mass is 9.81. The summed E-state index contributed by atoms with van der Waals surface area (Å²) in [5.74, 6) is -0.936. The molecule has 0 spiro atoms. The zero-order valence-electron chi connectivity index (χ0n) is 10.8. The number of alkyl halides is 2. The van der Waals surface area contributed by atoms with Crippen LogP contribution in [0.4, 0.5) is 13.2 Å². The molecule has 6 heteroatoms. The van der Waals surface area contributed by atoms with Gasteiger partial charge >= 0.3 is 6.61 Å². The first-order valence-electron chi connectivity index (χ1n) is 6.69. The second-order valence-corrected chi connectivity index (χ2v) is 5.60. The zero-order chi connectivity index (χ0) is 14.3. The summed E-state index contributed by atoms with van der Waals surface area (Å²) in [5.41, 5.74) is -0.993. The maximum Gasteiger partial charge on any atom is 0.387 e. The van der Waals surface area contributed by atoms with Gasteiger partial charge in [0, 0.05) is 23.7 Å². The topological polar surface area (TPSA) is 41.5 Å². The normalized spacial score (nSPS) is 32.6. The van der Waals surface area contributed by atoms with E-state index in [1.807, 2.05) is 0 Å². The van der Waals surface area contributed by atoms with Gasteiger partial charge in [0.25, 0.3) is 0 Å². The van der Waals surface area contributed by atoms with Crippen LogP contribution in [0.3, 0.4) is 0 Å². The fourth-order valence-corrected chi connectivity index (χ4v) is 3.42. The first-order chi connectivity index (χ1) is 9.46. The Kier molecular flexibility index (Phi) is 3.38. The zero-order valence-corrected chi connectivity index (χ0v) is 10.8. The Labute approximate surface area is 114 Å². The molecule has 2 N–H and O–H groups in total. The standard InChI is InChI=1S/C14H16F3NO2/c15-8-1-4-11(12(5-8)20-13(16)17)14(19)6-9-2-3-10(7-14)18-9/h1,4-5,9-10,13,18-19H,2-3,6-7H2. The molecule has 0 radical (unpaired) electrons. The summed E-state index contributed by atoms with van der Waals surface area (Å²) in [6.45, 7) is -3.04. The lowest BCUT2D eigenvalue weighted by Gasteiger charge is -2.38. The van der Waals surface area contributed by atoms with Gasteiger partial charge in [-0.2, -0.15) is 8.78 Å². The number of benzene rings is 1. The molecule has 3 nitrogen and oxygen atoms in total. The van der Waals surface area contributed by atoms with Crippen LogP contribution >= 0.6 is 0 Å². The highest BCUT2D eigenvalue weighted by molar-refractivity contribution is 5.39. The summed E-state index contributed by atoms with van der Waals surface area (Å²) < 4.78 is 42.5. The fraction of sp³-hybridized carbons (Fsp3) is 0.571. The van der Waals surface area contributed by atoms with E-state index in [0.29, 0.717) is 12.8 Å². The summed E-state index contributed by atoms with van der Waals surface area (Å²) in [6, 6.07) is 3.75. The Balaban J connectivity index is 1.96. The first kappa shape index (κ1) is 13.7. The van der Waals surface area contributed by atoms with E-state index in [1.165, 1.54) is 6.07 Å². The third kappa shape index (κ3) is 2.50. The number of hydrogen-bond donors (Lipinski definition) is 2. The number of piperidine rings is 1. The highest BCUT2D eigenvalue weighted by Crippen LogP contribution is 2.44. The third-order valence-electron chi connectivity index (χ3n) is 4.16. The molecule has 2 aliphatic rings. The van der Waals surface area contributed by atoms with E-state index >= 15 is 0 Å². The van der Waals surface area contributed by atoms with Gasteiger partial charge in [0.05, 0.1) is 5.60 Å². The highest BCUT2D eigenvalue weighted by Gasteiger charge is 2.45. The van der Waals surface area contributed by atoms with Crippen molar-refractivity contribution in [1.82, 2.24) is 5.32 Å². The second-order valence-electron chi connectivity index (χ2n) is 5.60. The Morgan fingerprint density at radius 3 is 2.50 bits per heavy atom. The maximum atomic E-state index is 13.2. The van der Waals surface area contributed by atoms with Crippen LogP contribution < -0.4 is 10.1 Å². The molecule has 0 aliphatic carbocycles. The molecule has 110 valence electrons. The number of halogens is 3. The average molecular weight is 287 g/mol. The number of fused-ring (bicyclic) bond motifs is 2. The quantitative estimate of drug-likeness (QED) is 0.897. The minimum atomic E-state index is -3.04. The molecule has 0 amide bonds. The summed E-state index contributed by atoms with van der Waals surface area (Å²) in [4.78, 5) is 0. The molecule has 3 rings (SSSR count). The van der Waals surface area contributed by atoms with E-state index < -0.39 is 18.0 Å². The summed E-state index contributed by atoms with van der Waals surface area (Å²) in [5, 5.41) is 14.2. The monoisotopic (exact) mass is 287 g/mol. The van der Waals surface area contributed by atoms with E-state index in [4.69, 9.17) is 0 Å². The fourth-order valence-electron chi connectivity index (χ4n) is 3.42. The van der Waals surface area contributed by atoms with Crippen LogP contribution in [0.5, 0.6) is 5.75 Å². The van der Waals surface area contributed by atoms with Crippen LogP contribution in [-0.4, -0.2) is 23.8 Å². The number of nitrogens with one attached hydrogen (secondary N) is 1. The second kappa shape index (κ2) is 4.93. The van der Waals surface area contributed by atoms with Crippen LogP contribution in [0.15, 0.2) is 18.2 Å². The molecule has 2 saturated heterocycles. The van der Waals surface area contributed by atoms with E-state index in [9.17, 15) is 18.3 Å².